The average Bonchev–Trinajstić information content (AvgIpc) is 2.29. The quantitative estimate of drug-likeness (QED) is 0.412. The number of hydrogen-bond acceptors (Lipinski definition) is 4. The van der Waals surface area contributed by atoms with E-state index < -0.39 is 18.2 Å². The fourth-order valence-corrected chi connectivity index (χ4v) is 1.96. The molecule has 100 valence electrons. The Balaban J connectivity index is 3.29. The van der Waals surface area contributed by atoms with Gasteiger partial charge in [-0.1, -0.05) is 15.9 Å². The fourth-order valence-electron chi connectivity index (χ4n) is 1.06. The Hall–Kier alpha value is -0.580. The van der Waals surface area contributed by atoms with Gasteiger partial charge in [0.05, 0.1) is 21.9 Å². The van der Waals surface area contributed by atoms with Gasteiger partial charge in [-0.05, 0) is 28.7 Å². The van der Waals surface area contributed by atoms with Gasteiger partial charge in [-0.2, -0.15) is 0 Å². The van der Waals surface area contributed by atoms with Crippen LogP contribution in [0.15, 0.2) is 6.07 Å². The van der Waals surface area contributed by atoms with E-state index >= 15 is 0 Å². The molecule has 4 nitrogen and oxygen atoms in total. The molecule has 1 aromatic rings. The van der Waals surface area contributed by atoms with Crippen molar-refractivity contribution in [1.29, 1.82) is 0 Å². The van der Waals surface area contributed by atoms with Crippen LogP contribution in [0, 0.1) is 3.57 Å². The van der Waals surface area contributed by atoms with Gasteiger partial charge in [0.2, 0.25) is 5.88 Å². The number of carbonyl (C=O) groups is 1. The molecule has 0 unspecified atom stereocenters. The van der Waals surface area contributed by atoms with Crippen LogP contribution in [0.25, 0.3) is 0 Å². The smallest absolute Gasteiger partial charge is 0.465 e. The highest BCUT2D eigenvalue weighted by atomic mass is 127. The molecule has 1 heterocycles. The number of hydrogen-bond donors (Lipinski definition) is 0. The van der Waals surface area contributed by atoms with Crippen molar-refractivity contribution in [2.45, 2.75) is 11.7 Å². The zero-order valence-corrected chi connectivity index (χ0v) is 12.6. The molecule has 0 fully saturated rings. The van der Waals surface area contributed by atoms with Gasteiger partial charge < -0.3 is 9.47 Å². The van der Waals surface area contributed by atoms with E-state index in [1.165, 1.54) is 6.07 Å². The van der Waals surface area contributed by atoms with Crippen LogP contribution in [0.1, 0.15) is 16.1 Å². The van der Waals surface area contributed by atoms with Crippen LogP contribution >= 0.6 is 38.5 Å². The number of halogens is 5. The summed E-state index contributed by atoms with van der Waals surface area (Å²) in [6, 6.07) is 1.34. The molecule has 0 aliphatic carbocycles. The van der Waals surface area contributed by atoms with Crippen molar-refractivity contribution in [3.63, 3.8) is 0 Å². The predicted octanol–water partition coefficient (Wildman–Crippen LogP) is 3.27. The van der Waals surface area contributed by atoms with E-state index in [1.807, 2.05) is 0 Å². The molecule has 1 rings (SSSR count). The summed E-state index contributed by atoms with van der Waals surface area (Å²) in [6.45, 7) is 0. The van der Waals surface area contributed by atoms with E-state index in [4.69, 9.17) is 0 Å². The molecule has 0 spiro atoms. The number of esters is 1. The molecule has 0 bridgehead atoms. The van der Waals surface area contributed by atoms with Gasteiger partial charge in [0.1, 0.15) is 0 Å². The maximum absolute atomic E-state index is 12.2. The topological polar surface area (TPSA) is 48.4 Å². The molecule has 0 radical (unpaired) electrons. The first kappa shape index (κ1) is 15.5. The van der Waals surface area contributed by atoms with Gasteiger partial charge in [0.25, 0.3) is 0 Å². The average molecular weight is 440 g/mol. The second kappa shape index (κ2) is 6.04. The highest BCUT2D eigenvalue weighted by molar-refractivity contribution is 14.1. The van der Waals surface area contributed by atoms with Crippen LogP contribution in [0.4, 0.5) is 13.2 Å². The first-order chi connectivity index (χ1) is 8.28. The maximum Gasteiger partial charge on any atom is 0.574 e. The summed E-state index contributed by atoms with van der Waals surface area (Å²) >= 11 is 4.60. The molecule has 0 aliphatic heterocycles. The zero-order valence-electron chi connectivity index (χ0n) is 8.85. The van der Waals surface area contributed by atoms with E-state index in [2.05, 4.69) is 30.4 Å². The second-order valence-corrected chi connectivity index (χ2v) is 4.59. The summed E-state index contributed by atoms with van der Waals surface area (Å²) in [6.07, 6.45) is -4.87. The first-order valence-electron chi connectivity index (χ1n) is 4.38. The molecule has 0 aliphatic rings. The number of carbonyl (C=O) groups excluding carboxylic acids is 1. The molecular weight excluding hydrogens is 434 g/mol. The summed E-state index contributed by atoms with van der Waals surface area (Å²) in [7, 11) is 1.14. The van der Waals surface area contributed by atoms with Crippen LogP contribution in [0.5, 0.6) is 5.88 Å². The number of methoxy groups -OCH3 is 1. The van der Waals surface area contributed by atoms with Crippen LogP contribution in [0.2, 0.25) is 0 Å². The normalized spacial score (nSPS) is 11.2. The minimum Gasteiger partial charge on any atom is -0.465 e. The first-order valence-corrected chi connectivity index (χ1v) is 6.58. The molecule has 1 aromatic heterocycles. The Bertz CT molecular complexity index is 467. The Morgan fingerprint density at radius 1 is 1.56 bits per heavy atom. The SMILES string of the molecule is COC(=O)c1cc(CBr)nc(OC(F)(F)F)c1I. The van der Waals surface area contributed by atoms with Crippen molar-refractivity contribution in [2.24, 2.45) is 0 Å². The predicted molar refractivity (Wildman–Crippen MR) is 67.6 cm³/mol. The van der Waals surface area contributed by atoms with Crippen molar-refractivity contribution >= 4 is 44.5 Å². The van der Waals surface area contributed by atoms with Crippen LogP contribution in [0.3, 0.4) is 0 Å². The fraction of sp³-hybridized carbons (Fsp3) is 0.333. The Morgan fingerprint density at radius 3 is 2.61 bits per heavy atom. The lowest BCUT2D eigenvalue weighted by Gasteiger charge is -2.12. The minimum atomic E-state index is -4.87. The molecule has 0 saturated carbocycles. The third kappa shape index (κ3) is 3.97. The Morgan fingerprint density at radius 2 is 2.17 bits per heavy atom. The van der Waals surface area contributed by atoms with E-state index in [1.54, 1.807) is 22.6 Å². The van der Waals surface area contributed by atoms with Crippen LogP contribution in [-0.2, 0) is 10.1 Å². The van der Waals surface area contributed by atoms with E-state index in [9.17, 15) is 18.0 Å². The van der Waals surface area contributed by atoms with Gasteiger partial charge in [-0.3, -0.25) is 0 Å². The highest BCUT2D eigenvalue weighted by Crippen LogP contribution is 2.29. The third-order valence-corrected chi connectivity index (χ3v) is 3.35. The number of aromatic nitrogens is 1. The summed E-state index contributed by atoms with van der Waals surface area (Å²) in [4.78, 5) is 15.1. The van der Waals surface area contributed by atoms with E-state index in [0.29, 0.717) is 0 Å². The lowest BCUT2D eigenvalue weighted by Crippen LogP contribution is -2.20. The van der Waals surface area contributed by atoms with E-state index in [-0.39, 0.29) is 20.2 Å². The summed E-state index contributed by atoms with van der Waals surface area (Å²) in [5.41, 5.74) is 0.205. The van der Waals surface area contributed by atoms with Crippen LogP contribution in [-0.4, -0.2) is 24.4 Å². The molecular formula is C9H6BrF3INO3. The molecule has 0 amide bonds. The van der Waals surface area contributed by atoms with Crippen molar-refractivity contribution in [2.75, 3.05) is 7.11 Å². The van der Waals surface area contributed by atoms with Crippen molar-refractivity contribution < 1.29 is 27.4 Å². The number of pyridine rings is 1. The summed E-state index contributed by atoms with van der Waals surface area (Å²) < 4.78 is 44.7. The zero-order chi connectivity index (χ0) is 13.9. The Labute approximate surface area is 122 Å². The van der Waals surface area contributed by atoms with Gasteiger partial charge in [0.15, 0.2) is 0 Å². The summed E-state index contributed by atoms with van der Waals surface area (Å²) in [5, 5.41) is 0.183. The van der Waals surface area contributed by atoms with Crippen LogP contribution < -0.4 is 4.74 Å². The van der Waals surface area contributed by atoms with Crippen molar-refractivity contribution in [3.8, 4) is 5.88 Å². The molecule has 0 aromatic carbocycles. The highest BCUT2D eigenvalue weighted by Gasteiger charge is 2.34. The molecule has 9 heteroatoms. The van der Waals surface area contributed by atoms with E-state index in [0.717, 1.165) is 7.11 Å². The molecule has 0 N–H and O–H groups in total. The number of rotatable bonds is 3. The van der Waals surface area contributed by atoms with Crippen molar-refractivity contribution in [1.82, 2.24) is 4.98 Å². The molecule has 18 heavy (non-hydrogen) atoms. The number of alkyl halides is 4. The minimum absolute atomic E-state index is 0.0261. The number of ether oxygens (including phenoxy) is 2. The van der Waals surface area contributed by atoms with Gasteiger partial charge >= 0.3 is 12.3 Å². The van der Waals surface area contributed by atoms with Gasteiger partial charge in [0, 0.05) is 5.33 Å². The standard InChI is InChI=1S/C9H6BrF3INO3/c1-17-8(16)5-2-4(3-10)15-7(6(5)14)18-9(11,12)13/h2H,3H2,1H3. The lowest BCUT2D eigenvalue weighted by molar-refractivity contribution is -0.276. The molecule has 0 atom stereocenters. The summed E-state index contributed by atoms with van der Waals surface area (Å²) in [5.74, 6) is -1.42. The second-order valence-electron chi connectivity index (χ2n) is 2.95. The number of nitrogens with zero attached hydrogens (tertiary/aromatic N) is 1. The monoisotopic (exact) mass is 439 g/mol. The van der Waals surface area contributed by atoms with Crippen molar-refractivity contribution in [3.05, 3.63) is 20.9 Å². The largest absolute Gasteiger partial charge is 0.574 e. The molecule has 0 saturated heterocycles. The third-order valence-electron chi connectivity index (χ3n) is 1.73. The Kier molecular flexibility index (Phi) is 5.20. The lowest BCUT2D eigenvalue weighted by atomic mass is 10.2. The van der Waals surface area contributed by atoms with Gasteiger partial charge in [-0.15, -0.1) is 13.2 Å². The maximum atomic E-state index is 12.2. The van der Waals surface area contributed by atoms with Gasteiger partial charge in [-0.25, -0.2) is 9.78 Å².